The smallest absolute Gasteiger partial charge is 0.263 e. The third kappa shape index (κ3) is 3.91. The number of nitrogens with zero attached hydrogens (tertiary/aromatic N) is 2. The Morgan fingerprint density at radius 3 is 2.55 bits per heavy atom. The summed E-state index contributed by atoms with van der Waals surface area (Å²) >= 11 is -1.53. The first-order chi connectivity index (χ1) is 15.0. The van der Waals surface area contributed by atoms with Gasteiger partial charge in [0.2, 0.25) is 0 Å². The van der Waals surface area contributed by atoms with Gasteiger partial charge in [0, 0.05) is 29.8 Å². The molecule has 0 aromatic heterocycles. The molecule has 0 saturated carbocycles. The number of nitriles is 1. The Hall–Kier alpha value is -3.60. The number of hydrogen-bond acceptors (Lipinski definition) is 4. The van der Waals surface area contributed by atoms with Gasteiger partial charge in [0.25, 0.3) is 11.8 Å². The molecule has 0 bridgehead atoms. The summed E-state index contributed by atoms with van der Waals surface area (Å²) in [6.45, 7) is 2.53. The van der Waals surface area contributed by atoms with Crippen molar-refractivity contribution in [3.05, 3.63) is 89.0 Å². The summed E-state index contributed by atoms with van der Waals surface area (Å²) < 4.78 is 13.2. The third-order valence-corrected chi connectivity index (χ3v) is 6.63. The van der Waals surface area contributed by atoms with Crippen LogP contribution in [0.5, 0.6) is 0 Å². The Morgan fingerprint density at radius 1 is 1.10 bits per heavy atom. The highest BCUT2D eigenvalue weighted by atomic mass is 32.2. The summed E-state index contributed by atoms with van der Waals surface area (Å²) in [6, 6.07) is 20.8. The van der Waals surface area contributed by atoms with E-state index in [1.165, 1.54) is 0 Å². The monoisotopic (exact) mass is 429 g/mol. The number of nitrogens with one attached hydrogen (secondary N) is 1. The van der Waals surface area contributed by atoms with Gasteiger partial charge in [0.1, 0.15) is 5.69 Å². The molecule has 154 valence electrons. The first-order valence-electron chi connectivity index (χ1n) is 9.77. The predicted molar refractivity (Wildman–Crippen MR) is 117 cm³/mol. The molecule has 3 aromatic carbocycles. The van der Waals surface area contributed by atoms with Gasteiger partial charge in [-0.2, -0.15) is 5.26 Å². The van der Waals surface area contributed by atoms with Crippen LogP contribution in [0.3, 0.4) is 0 Å². The van der Waals surface area contributed by atoms with Crippen molar-refractivity contribution in [3.8, 4) is 6.07 Å². The summed E-state index contributed by atoms with van der Waals surface area (Å²) in [5.74, 6) is -0.538. The largest absolute Gasteiger partial charge is 0.606 e. The zero-order chi connectivity index (χ0) is 22.0. The molecule has 1 atom stereocenters. The zero-order valence-corrected chi connectivity index (χ0v) is 17.6. The van der Waals surface area contributed by atoms with Crippen LogP contribution in [-0.2, 0) is 17.7 Å². The fourth-order valence-corrected chi connectivity index (χ4v) is 4.84. The van der Waals surface area contributed by atoms with Gasteiger partial charge in [0.05, 0.1) is 17.2 Å². The maximum atomic E-state index is 13.2. The summed E-state index contributed by atoms with van der Waals surface area (Å²) in [4.78, 5) is 28.4. The molecule has 3 aromatic rings. The van der Waals surface area contributed by atoms with E-state index in [1.807, 2.05) is 6.92 Å². The second-order valence-electron chi connectivity index (χ2n) is 6.99. The Labute approximate surface area is 183 Å². The summed E-state index contributed by atoms with van der Waals surface area (Å²) in [5.41, 5.74) is 2.68. The minimum atomic E-state index is -1.53. The van der Waals surface area contributed by atoms with E-state index in [0.717, 1.165) is 5.56 Å². The molecule has 1 aliphatic rings. The van der Waals surface area contributed by atoms with Gasteiger partial charge in [-0.15, -0.1) is 0 Å². The minimum absolute atomic E-state index is 0.236. The number of carbonyl (C=O) groups excluding carboxylic acids is 2. The van der Waals surface area contributed by atoms with Crippen LogP contribution in [0, 0.1) is 11.3 Å². The van der Waals surface area contributed by atoms with E-state index in [1.54, 1.807) is 71.6 Å². The van der Waals surface area contributed by atoms with Crippen LogP contribution in [0.15, 0.2) is 76.5 Å². The molecule has 1 aliphatic heterocycles. The fourth-order valence-electron chi connectivity index (χ4n) is 3.50. The Kier molecular flexibility index (Phi) is 5.76. The Morgan fingerprint density at radius 2 is 1.84 bits per heavy atom. The number of amides is 2. The first kappa shape index (κ1) is 20.7. The molecule has 2 amide bonds. The number of fused-ring (bicyclic) bond motifs is 2. The molecule has 7 heteroatoms. The Bertz CT molecular complexity index is 1200. The Balaban J connectivity index is 1.62. The lowest BCUT2D eigenvalue weighted by molar-refractivity contribution is 0.0947. The van der Waals surface area contributed by atoms with Crippen LogP contribution in [0.2, 0.25) is 0 Å². The fraction of sp³-hybridized carbons (Fsp3) is 0.125. The quantitative estimate of drug-likeness (QED) is 0.641. The van der Waals surface area contributed by atoms with Crippen molar-refractivity contribution in [2.75, 3.05) is 11.4 Å². The van der Waals surface area contributed by atoms with Crippen molar-refractivity contribution < 1.29 is 14.1 Å². The maximum absolute atomic E-state index is 13.2. The van der Waals surface area contributed by atoms with E-state index in [9.17, 15) is 14.1 Å². The highest BCUT2D eigenvalue weighted by molar-refractivity contribution is 7.91. The average molecular weight is 430 g/mol. The maximum Gasteiger partial charge on any atom is 0.263 e. The van der Waals surface area contributed by atoms with E-state index in [4.69, 9.17) is 5.26 Å². The van der Waals surface area contributed by atoms with Crippen molar-refractivity contribution in [2.24, 2.45) is 0 Å². The van der Waals surface area contributed by atoms with E-state index in [0.29, 0.717) is 45.3 Å². The van der Waals surface area contributed by atoms with Crippen LogP contribution in [-0.4, -0.2) is 22.9 Å². The van der Waals surface area contributed by atoms with E-state index in [-0.39, 0.29) is 11.8 Å². The van der Waals surface area contributed by atoms with Gasteiger partial charge in [-0.3, -0.25) is 9.59 Å². The van der Waals surface area contributed by atoms with Crippen molar-refractivity contribution >= 4 is 28.7 Å². The molecular formula is C24H19N3O3S. The standard InChI is InChI=1S/C24H19N3O3S/c1-2-27-20-13-18(23(28)26-15-17-9-7-16(14-25)8-10-17)11-12-22(20)31(30)21-6-4-3-5-19(21)24(27)29/h3-13H,2,15H2,1H3,(H,26,28). The highest BCUT2D eigenvalue weighted by Crippen LogP contribution is 2.37. The topological polar surface area (TPSA) is 96.3 Å². The van der Waals surface area contributed by atoms with Crippen molar-refractivity contribution in [3.63, 3.8) is 0 Å². The molecule has 6 nitrogen and oxygen atoms in total. The predicted octanol–water partition coefficient (Wildman–Crippen LogP) is 3.64. The van der Waals surface area contributed by atoms with Gasteiger partial charge >= 0.3 is 0 Å². The summed E-state index contributed by atoms with van der Waals surface area (Å²) in [6.07, 6.45) is 0. The normalized spacial score (nSPS) is 14.8. The molecule has 0 spiro atoms. The number of anilines is 1. The molecule has 1 unspecified atom stereocenters. The van der Waals surface area contributed by atoms with Crippen LogP contribution in [0.25, 0.3) is 0 Å². The molecule has 31 heavy (non-hydrogen) atoms. The summed E-state index contributed by atoms with van der Waals surface area (Å²) in [7, 11) is 0. The van der Waals surface area contributed by atoms with E-state index in [2.05, 4.69) is 11.4 Å². The third-order valence-electron chi connectivity index (χ3n) is 5.13. The van der Waals surface area contributed by atoms with Gasteiger partial charge in [-0.25, -0.2) is 0 Å². The van der Waals surface area contributed by atoms with Gasteiger partial charge in [-0.1, -0.05) is 24.3 Å². The second kappa shape index (κ2) is 8.64. The lowest BCUT2D eigenvalue weighted by Crippen LogP contribution is -2.31. The van der Waals surface area contributed by atoms with Gasteiger partial charge in [-0.05, 0) is 55.0 Å². The number of carbonyl (C=O) groups is 2. The first-order valence-corrected chi connectivity index (χ1v) is 10.9. The number of rotatable bonds is 4. The lowest BCUT2D eigenvalue weighted by Gasteiger charge is -2.20. The van der Waals surface area contributed by atoms with Crippen LogP contribution in [0.1, 0.15) is 38.8 Å². The molecule has 1 N–H and O–H groups in total. The molecule has 4 rings (SSSR count). The number of hydrogen-bond donors (Lipinski definition) is 1. The molecule has 0 saturated heterocycles. The van der Waals surface area contributed by atoms with Gasteiger partial charge in [0.15, 0.2) is 9.79 Å². The zero-order valence-electron chi connectivity index (χ0n) is 16.8. The van der Waals surface area contributed by atoms with Crippen molar-refractivity contribution in [1.29, 1.82) is 5.26 Å². The van der Waals surface area contributed by atoms with Crippen molar-refractivity contribution in [1.82, 2.24) is 5.32 Å². The second-order valence-corrected chi connectivity index (χ2v) is 8.41. The molecule has 1 heterocycles. The summed E-state index contributed by atoms with van der Waals surface area (Å²) in [5, 5.41) is 11.7. The van der Waals surface area contributed by atoms with Gasteiger partial charge < -0.3 is 14.8 Å². The number of benzene rings is 3. The highest BCUT2D eigenvalue weighted by Gasteiger charge is 2.35. The van der Waals surface area contributed by atoms with Crippen molar-refractivity contribution in [2.45, 2.75) is 23.3 Å². The van der Waals surface area contributed by atoms with Crippen LogP contribution >= 0.6 is 0 Å². The minimum Gasteiger partial charge on any atom is -0.606 e. The van der Waals surface area contributed by atoms with Crippen LogP contribution in [0.4, 0.5) is 5.69 Å². The molecule has 0 fully saturated rings. The lowest BCUT2D eigenvalue weighted by atomic mass is 10.1. The molecule has 0 radical (unpaired) electrons. The van der Waals surface area contributed by atoms with E-state index < -0.39 is 11.2 Å². The van der Waals surface area contributed by atoms with E-state index >= 15 is 0 Å². The SMILES string of the molecule is CCN1C(=O)c2ccccc2[S+]([O-])c2ccc(C(=O)NCc3ccc(C#N)cc3)cc21. The molecule has 0 aliphatic carbocycles. The molecular weight excluding hydrogens is 410 g/mol. The van der Waals surface area contributed by atoms with Crippen LogP contribution < -0.4 is 10.2 Å². The average Bonchev–Trinajstić information content (AvgIpc) is 2.90.